The molecule has 6 nitrogen and oxygen atoms in total. The van der Waals surface area contributed by atoms with Crippen LogP contribution >= 0.6 is 0 Å². The number of sulfonamides is 1. The summed E-state index contributed by atoms with van der Waals surface area (Å²) in [4.78, 5) is 13.6. The summed E-state index contributed by atoms with van der Waals surface area (Å²) < 4.78 is 27.3. The molecule has 0 unspecified atom stereocenters. The molecule has 0 spiro atoms. The molecule has 0 aliphatic carbocycles. The Balaban J connectivity index is 1.94. The summed E-state index contributed by atoms with van der Waals surface area (Å²) in [6.45, 7) is 5.59. The van der Waals surface area contributed by atoms with Crippen LogP contribution in [0.2, 0.25) is 0 Å². The minimum atomic E-state index is -3.49. The Morgan fingerprint density at radius 1 is 1.39 bits per heavy atom. The number of likely N-dealkylation sites (tertiary alicyclic amines) is 1. The monoisotopic (exact) mass is 339 g/mol. The number of nitrogens with one attached hydrogen (secondary N) is 1. The Morgan fingerprint density at radius 2 is 2.04 bits per heavy atom. The van der Waals surface area contributed by atoms with Gasteiger partial charge in [-0.1, -0.05) is 17.7 Å². The number of aryl methyl sites for hydroxylation is 1. The fourth-order valence-corrected chi connectivity index (χ4v) is 3.94. The number of amides is 1. The lowest BCUT2D eigenvalue weighted by molar-refractivity contribution is -0.123. The maximum atomic E-state index is 12.3. The van der Waals surface area contributed by atoms with Gasteiger partial charge in [-0.05, 0) is 51.3 Å². The van der Waals surface area contributed by atoms with Gasteiger partial charge in [-0.15, -0.1) is 0 Å². The molecule has 1 fully saturated rings. The molecule has 2 rings (SSSR count). The molecule has 1 saturated heterocycles. The molecule has 1 aliphatic heterocycles. The van der Waals surface area contributed by atoms with E-state index in [1.54, 1.807) is 31.2 Å². The highest BCUT2D eigenvalue weighted by molar-refractivity contribution is 7.89. The van der Waals surface area contributed by atoms with Gasteiger partial charge in [0.2, 0.25) is 15.9 Å². The van der Waals surface area contributed by atoms with Gasteiger partial charge in [0.15, 0.2) is 0 Å². The Morgan fingerprint density at radius 3 is 2.65 bits per heavy atom. The van der Waals surface area contributed by atoms with E-state index in [-0.39, 0.29) is 22.8 Å². The molecule has 0 aromatic heterocycles. The third-order valence-corrected chi connectivity index (χ3v) is 5.84. The minimum Gasteiger partial charge on any atom is -0.368 e. The molecule has 23 heavy (non-hydrogen) atoms. The maximum Gasteiger partial charge on any atom is 0.240 e. The van der Waals surface area contributed by atoms with Crippen LogP contribution < -0.4 is 10.5 Å². The summed E-state index contributed by atoms with van der Waals surface area (Å²) in [5.74, 6) is -0.156. The second kappa shape index (κ2) is 7.42. The first-order chi connectivity index (χ1) is 10.8. The smallest absolute Gasteiger partial charge is 0.240 e. The maximum absolute atomic E-state index is 12.3. The van der Waals surface area contributed by atoms with Crippen molar-refractivity contribution in [2.45, 2.75) is 37.6 Å². The van der Waals surface area contributed by atoms with Crippen molar-refractivity contribution in [2.24, 2.45) is 11.7 Å². The van der Waals surface area contributed by atoms with Gasteiger partial charge in [0, 0.05) is 13.1 Å². The second-order valence-electron chi connectivity index (χ2n) is 6.25. The Hall–Kier alpha value is -1.44. The Labute approximate surface area is 138 Å². The second-order valence-corrected chi connectivity index (χ2v) is 8.01. The van der Waals surface area contributed by atoms with Crippen LogP contribution in [0.25, 0.3) is 0 Å². The summed E-state index contributed by atoms with van der Waals surface area (Å²) >= 11 is 0. The fraction of sp³-hybridized carbons (Fsp3) is 0.562. The van der Waals surface area contributed by atoms with E-state index in [1.165, 1.54) is 0 Å². The van der Waals surface area contributed by atoms with Crippen LogP contribution in [0.3, 0.4) is 0 Å². The van der Waals surface area contributed by atoms with Gasteiger partial charge in [-0.2, -0.15) is 0 Å². The zero-order valence-corrected chi connectivity index (χ0v) is 14.5. The number of primary amides is 1. The van der Waals surface area contributed by atoms with Crippen molar-refractivity contribution in [2.75, 3.05) is 19.6 Å². The molecule has 1 aromatic carbocycles. The summed E-state index contributed by atoms with van der Waals surface area (Å²) in [7, 11) is -3.49. The highest BCUT2D eigenvalue weighted by atomic mass is 32.2. The zero-order chi connectivity index (χ0) is 17.0. The largest absolute Gasteiger partial charge is 0.368 e. The molecule has 0 saturated carbocycles. The molecule has 1 heterocycles. The summed E-state index contributed by atoms with van der Waals surface area (Å²) in [6.07, 6.45) is 1.88. The van der Waals surface area contributed by atoms with E-state index in [0.29, 0.717) is 13.1 Å². The number of nitrogens with two attached hydrogens (primary N) is 1. The van der Waals surface area contributed by atoms with Crippen molar-refractivity contribution in [1.82, 2.24) is 9.62 Å². The summed E-state index contributed by atoms with van der Waals surface area (Å²) in [5.41, 5.74) is 6.37. The van der Waals surface area contributed by atoms with E-state index in [9.17, 15) is 13.2 Å². The van der Waals surface area contributed by atoms with Gasteiger partial charge < -0.3 is 5.73 Å². The van der Waals surface area contributed by atoms with E-state index in [2.05, 4.69) is 4.72 Å². The standard InChI is InChI=1S/C16H25N3O3S/c1-12-5-7-15(8-6-12)23(21,22)18-10-14-4-3-9-19(11-14)13(2)16(17)20/h5-8,13-14,18H,3-4,9-11H2,1-2H3,(H2,17,20)/t13-,14-/m1/s1. The van der Waals surface area contributed by atoms with Gasteiger partial charge in [-0.25, -0.2) is 13.1 Å². The van der Waals surface area contributed by atoms with Crippen LogP contribution in [0.4, 0.5) is 0 Å². The number of piperidine rings is 1. The number of hydrogen-bond donors (Lipinski definition) is 2. The van der Waals surface area contributed by atoms with Crippen molar-refractivity contribution in [3.05, 3.63) is 29.8 Å². The number of nitrogens with zero attached hydrogens (tertiary/aromatic N) is 1. The molecule has 2 atom stereocenters. The van der Waals surface area contributed by atoms with Crippen molar-refractivity contribution in [3.8, 4) is 0 Å². The number of hydrogen-bond acceptors (Lipinski definition) is 4. The van der Waals surface area contributed by atoms with Crippen LogP contribution in [0.1, 0.15) is 25.3 Å². The van der Waals surface area contributed by atoms with Crippen LogP contribution in [0, 0.1) is 12.8 Å². The van der Waals surface area contributed by atoms with Crippen LogP contribution in [0.15, 0.2) is 29.2 Å². The lowest BCUT2D eigenvalue weighted by Crippen LogP contribution is -2.49. The predicted molar refractivity (Wildman–Crippen MR) is 89.3 cm³/mol. The molecule has 0 bridgehead atoms. The lowest BCUT2D eigenvalue weighted by Gasteiger charge is -2.35. The predicted octanol–water partition coefficient (Wildman–Crippen LogP) is 0.859. The molecular weight excluding hydrogens is 314 g/mol. The number of carbonyl (C=O) groups excluding carboxylic acids is 1. The highest BCUT2D eigenvalue weighted by Gasteiger charge is 2.27. The van der Waals surface area contributed by atoms with Crippen molar-refractivity contribution in [3.63, 3.8) is 0 Å². The third kappa shape index (κ3) is 4.76. The summed E-state index contributed by atoms with van der Waals surface area (Å²) in [6, 6.07) is 6.48. The molecule has 1 aliphatic rings. The topological polar surface area (TPSA) is 92.5 Å². The average Bonchev–Trinajstić information content (AvgIpc) is 2.53. The number of carbonyl (C=O) groups is 1. The SMILES string of the molecule is Cc1ccc(S(=O)(=O)NC[C@H]2CCCN([C@H](C)C(N)=O)C2)cc1. The first kappa shape index (κ1) is 17.9. The van der Waals surface area contributed by atoms with Crippen LogP contribution in [0.5, 0.6) is 0 Å². The Bertz CT molecular complexity index is 643. The van der Waals surface area contributed by atoms with Gasteiger partial charge in [-0.3, -0.25) is 9.69 Å². The van der Waals surface area contributed by atoms with Crippen molar-refractivity contribution in [1.29, 1.82) is 0 Å². The van der Waals surface area contributed by atoms with Crippen LogP contribution in [-0.4, -0.2) is 44.9 Å². The lowest BCUT2D eigenvalue weighted by atomic mass is 9.97. The van der Waals surface area contributed by atoms with E-state index in [0.717, 1.165) is 24.9 Å². The zero-order valence-electron chi connectivity index (χ0n) is 13.7. The molecule has 7 heteroatoms. The molecule has 1 amide bonds. The normalized spacial score (nSPS) is 21.0. The molecule has 0 radical (unpaired) electrons. The molecule has 128 valence electrons. The summed E-state index contributed by atoms with van der Waals surface area (Å²) in [5, 5.41) is 0. The Kier molecular flexibility index (Phi) is 5.78. The average molecular weight is 339 g/mol. The molecular formula is C16H25N3O3S. The number of benzene rings is 1. The van der Waals surface area contributed by atoms with E-state index in [4.69, 9.17) is 5.73 Å². The quantitative estimate of drug-likeness (QED) is 0.804. The van der Waals surface area contributed by atoms with Crippen molar-refractivity contribution < 1.29 is 13.2 Å². The van der Waals surface area contributed by atoms with E-state index in [1.807, 2.05) is 11.8 Å². The van der Waals surface area contributed by atoms with Crippen molar-refractivity contribution >= 4 is 15.9 Å². The van der Waals surface area contributed by atoms with Gasteiger partial charge in [0.1, 0.15) is 0 Å². The van der Waals surface area contributed by atoms with Gasteiger partial charge >= 0.3 is 0 Å². The molecule has 3 N–H and O–H groups in total. The van der Waals surface area contributed by atoms with Crippen LogP contribution in [-0.2, 0) is 14.8 Å². The highest BCUT2D eigenvalue weighted by Crippen LogP contribution is 2.19. The fourth-order valence-electron chi connectivity index (χ4n) is 2.82. The molecule has 1 aromatic rings. The number of rotatable bonds is 6. The van der Waals surface area contributed by atoms with Gasteiger partial charge in [0.25, 0.3) is 0 Å². The first-order valence-corrected chi connectivity index (χ1v) is 9.37. The minimum absolute atomic E-state index is 0.186. The first-order valence-electron chi connectivity index (χ1n) is 7.89. The van der Waals surface area contributed by atoms with E-state index < -0.39 is 10.0 Å². The van der Waals surface area contributed by atoms with E-state index >= 15 is 0 Å². The third-order valence-electron chi connectivity index (χ3n) is 4.40. The van der Waals surface area contributed by atoms with Gasteiger partial charge in [0.05, 0.1) is 10.9 Å².